The molecule has 3 nitrogen and oxygen atoms in total. The summed E-state index contributed by atoms with van der Waals surface area (Å²) in [6.07, 6.45) is 0. The predicted octanol–water partition coefficient (Wildman–Crippen LogP) is 5.96. The van der Waals surface area contributed by atoms with E-state index >= 15 is 0 Å². The number of anilines is 1. The van der Waals surface area contributed by atoms with E-state index in [1.807, 2.05) is 0 Å². The standard InChI is InChI=1S/C20H24BrNO2/c1-12(2)15-7-6-8-16(13(3)4)19(15)22-20(23)14-9-10-18(24-5)17(21)11-14/h6-13H,1-5H3,(H,22,23). The molecule has 0 unspecified atom stereocenters. The monoisotopic (exact) mass is 389 g/mol. The predicted molar refractivity (Wildman–Crippen MR) is 103 cm³/mol. The van der Waals surface area contributed by atoms with Crippen molar-refractivity contribution >= 4 is 27.5 Å². The maximum Gasteiger partial charge on any atom is 0.255 e. The molecule has 0 aliphatic carbocycles. The molecule has 0 aliphatic rings. The van der Waals surface area contributed by atoms with Crippen LogP contribution in [-0.2, 0) is 0 Å². The molecule has 0 saturated carbocycles. The molecule has 0 atom stereocenters. The fourth-order valence-electron chi connectivity index (χ4n) is 2.69. The third-order valence-electron chi connectivity index (χ3n) is 4.03. The van der Waals surface area contributed by atoms with Crippen molar-refractivity contribution in [3.05, 3.63) is 57.6 Å². The number of hydrogen-bond acceptors (Lipinski definition) is 2. The number of halogens is 1. The molecule has 0 radical (unpaired) electrons. The third-order valence-corrected chi connectivity index (χ3v) is 4.65. The minimum absolute atomic E-state index is 0.117. The summed E-state index contributed by atoms with van der Waals surface area (Å²) in [6.45, 7) is 8.55. The van der Waals surface area contributed by atoms with E-state index in [1.54, 1.807) is 25.3 Å². The van der Waals surface area contributed by atoms with Crippen LogP contribution in [0.1, 0.15) is 61.0 Å². The van der Waals surface area contributed by atoms with E-state index in [-0.39, 0.29) is 5.91 Å². The molecule has 1 amide bonds. The normalized spacial score (nSPS) is 11.0. The van der Waals surface area contributed by atoms with Crippen molar-refractivity contribution in [3.8, 4) is 5.75 Å². The van der Waals surface area contributed by atoms with Gasteiger partial charge in [0.2, 0.25) is 0 Å². The van der Waals surface area contributed by atoms with E-state index in [2.05, 4.69) is 67.1 Å². The Morgan fingerprint density at radius 3 is 2.08 bits per heavy atom. The van der Waals surface area contributed by atoms with Crippen molar-refractivity contribution < 1.29 is 9.53 Å². The number of nitrogens with one attached hydrogen (secondary N) is 1. The first-order valence-electron chi connectivity index (χ1n) is 8.12. The summed E-state index contributed by atoms with van der Waals surface area (Å²) < 4.78 is 5.98. The van der Waals surface area contributed by atoms with Crippen molar-refractivity contribution in [1.29, 1.82) is 0 Å². The van der Waals surface area contributed by atoms with Crippen LogP contribution < -0.4 is 10.1 Å². The third kappa shape index (κ3) is 3.99. The first kappa shape index (κ1) is 18.5. The zero-order valence-corrected chi connectivity index (χ0v) is 16.4. The van der Waals surface area contributed by atoms with Gasteiger partial charge >= 0.3 is 0 Å². The summed E-state index contributed by atoms with van der Waals surface area (Å²) in [5.74, 6) is 1.26. The number of ether oxygens (including phenoxy) is 1. The highest BCUT2D eigenvalue weighted by molar-refractivity contribution is 9.10. The first-order valence-corrected chi connectivity index (χ1v) is 8.92. The Hall–Kier alpha value is -1.81. The molecule has 0 fully saturated rings. The van der Waals surface area contributed by atoms with Gasteiger partial charge in [-0.2, -0.15) is 0 Å². The molecule has 2 aromatic rings. The summed E-state index contributed by atoms with van der Waals surface area (Å²) in [7, 11) is 1.60. The van der Waals surface area contributed by atoms with Gasteiger partial charge in [0.1, 0.15) is 5.75 Å². The van der Waals surface area contributed by atoms with Gasteiger partial charge in [-0.25, -0.2) is 0 Å². The van der Waals surface area contributed by atoms with Crippen molar-refractivity contribution in [2.45, 2.75) is 39.5 Å². The van der Waals surface area contributed by atoms with E-state index in [4.69, 9.17) is 4.74 Å². The van der Waals surface area contributed by atoms with Crippen molar-refractivity contribution in [1.82, 2.24) is 0 Å². The highest BCUT2D eigenvalue weighted by Crippen LogP contribution is 2.33. The first-order chi connectivity index (χ1) is 11.3. The minimum Gasteiger partial charge on any atom is -0.496 e. The number of methoxy groups -OCH3 is 1. The lowest BCUT2D eigenvalue weighted by Crippen LogP contribution is -2.16. The van der Waals surface area contributed by atoms with Crippen molar-refractivity contribution in [2.75, 3.05) is 12.4 Å². The van der Waals surface area contributed by atoms with E-state index in [1.165, 1.54) is 0 Å². The molecule has 0 spiro atoms. The summed E-state index contributed by atoms with van der Waals surface area (Å²) in [4.78, 5) is 12.7. The number of carbonyl (C=O) groups is 1. The molecule has 2 aromatic carbocycles. The largest absolute Gasteiger partial charge is 0.496 e. The molecule has 0 aromatic heterocycles. The second-order valence-corrected chi connectivity index (χ2v) is 7.28. The van der Waals surface area contributed by atoms with Gasteiger partial charge in [0.25, 0.3) is 5.91 Å². The number of benzene rings is 2. The maximum absolute atomic E-state index is 12.7. The zero-order valence-electron chi connectivity index (χ0n) is 14.8. The lowest BCUT2D eigenvalue weighted by Gasteiger charge is -2.20. The lowest BCUT2D eigenvalue weighted by atomic mass is 9.92. The Labute approximate surface area is 152 Å². The Balaban J connectivity index is 2.39. The van der Waals surface area contributed by atoms with Crippen LogP contribution >= 0.6 is 15.9 Å². The fourth-order valence-corrected chi connectivity index (χ4v) is 3.23. The zero-order chi connectivity index (χ0) is 17.9. The van der Waals surface area contributed by atoms with E-state index < -0.39 is 0 Å². The molecule has 0 heterocycles. The number of rotatable bonds is 5. The van der Waals surface area contributed by atoms with Gasteiger partial charge in [-0.05, 0) is 57.1 Å². The quantitative estimate of drug-likeness (QED) is 0.684. The second kappa shape index (κ2) is 7.84. The highest BCUT2D eigenvalue weighted by Gasteiger charge is 2.17. The van der Waals surface area contributed by atoms with Gasteiger partial charge < -0.3 is 10.1 Å². The Kier molecular flexibility index (Phi) is 6.05. The van der Waals surface area contributed by atoms with Crippen LogP contribution in [0.15, 0.2) is 40.9 Å². The average Bonchev–Trinajstić information content (AvgIpc) is 2.54. The van der Waals surface area contributed by atoms with Crippen LogP contribution in [0.5, 0.6) is 5.75 Å². The van der Waals surface area contributed by atoms with E-state index in [0.717, 1.165) is 21.3 Å². The lowest BCUT2D eigenvalue weighted by molar-refractivity contribution is 0.102. The Morgan fingerprint density at radius 1 is 1.04 bits per heavy atom. The molecule has 0 saturated heterocycles. The molecule has 0 bridgehead atoms. The van der Waals surface area contributed by atoms with Crippen molar-refractivity contribution in [3.63, 3.8) is 0 Å². The van der Waals surface area contributed by atoms with Crippen LogP contribution in [0.2, 0.25) is 0 Å². The molecule has 24 heavy (non-hydrogen) atoms. The van der Waals surface area contributed by atoms with Crippen LogP contribution in [0.3, 0.4) is 0 Å². The summed E-state index contributed by atoms with van der Waals surface area (Å²) in [5.41, 5.74) is 3.83. The van der Waals surface area contributed by atoms with Crippen LogP contribution in [0.25, 0.3) is 0 Å². The SMILES string of the molecule is COc1ccc(C(=O)Nc2c(C(C)C)cccc2C(C)C)cc1Br. The number of para-hydroxylation sites is 1. The number of amides is 1. The molecular weight excluding hydrogens is 366 g/mol. The van der Waals surface area contributed by atoms with Gasteiger partial charge in [0.05, 0.1) is 11.6 Å². The van der Waals surface area contributed by atoms with E-state index in [9.17, 15) is 4.79 Å². The molecule has 2 rings (SSSR count). The molecular formula is C20H24BrNO2. The molecule has 1 N–H and O–H groups in total. The topological polar surface area (TPSA) is 38.3 Å². The molecule has 4 heteroatoms. The highest BCUT2D eigenvalue weighted by atomic mass is 79.9. The van der Waals surface area contributed by atoms with Gasteiger partial charge in [-0.3, -0.25) is 4.79 Å². The number of carbonyl (C=O) groups excluding carboxylic acids is 1. The Morgan fingerprint density at radius 2 is 1.62 bits per heavy atom. The van der Waals surface area contributed by atoms with Crippen LogP contribution in [0.4, 0.5) is 5.69 Å². The molecule has 0 aliphatic heterocycles. The van der Waals surface area contributed by atoms with Crippen molar-refractivity contribution in [2.24, 2.45) is 0 Å². The maximum atomic E-state index is 12.7. The van der Waals surface area contributed by atoms with Crippen LogP contribution in [-0.4, -0.2) is 13.0 Å². The van der Waals surface area contributed by atoms with Crippen LogP contribution in [0, 0.1) is 0 Å². The summed E-state index contributed by atoms with van der Waals surface area (Å²) >= 11 is 3.43. The minimum atomic E-state index is -0.117. The van der Waals surface area contributed by atoms with Gasteiger partial charge in [-0.1, -0.05) is 45.9 Å². The van der Waals surface area contributed by atoms with E-state index in [0.29, 0.717) is 23.1 Å². The molecule has 128 valence electrons. The fraction of sp³-hybridized carbons (Fsp3) is 0.350. The Bertz CT molecular complexity index is 712. The van der Waals surface area contributed by atoms with Gasteiger partial charge in [0, 0.05) is 11.3 Å². The summed E-state index contributed by atoms with van der Waals surface area (Å²) in [6, 6.07) is 11.6. The summed E-state index contributed by atoms with van der Waals surface area (Å²) in [5, 5.41) is 3.12. The second-order valence-electron chi connectivity index (χ2n) is 6.42. The smallest absolute Gasteiger partial charge is 0.255 e. The van der Waals surface area contributed by atoms with Gasteiger partial charge in [0.15, 0.2) is 0 Å². The van der Waals surface area contributed by atoms with Gasteiger partial charge in [-0.15, -0.1) is 0 Å². The number of hydrogen-bond donors (Lipinski definition) is 1. The average molecular weight is 390 g/mol.